The maximum atomic E-state index is 6.36. The lowest BCUT2D eigenvalue weighted by atomic mass is 10.0. The number of fused-ring (bicyclic) bond motifs is 5. The molecular weight excluding hydrogens is 438 g/mol. The minimum Gasteiger partial charge on any atom is -0.455 e. The van der Waals surface area contributed by atoms with Crippen LogP contribution in [-0.4, -0.2) is 4.98 Å². The van der Waals surface area contributed by atoms with Crippen molar-refractivity contribution >= 4 is 32.6 Å². The van der Waals surface area contributed by atoms with Crippen LogP contribution < -0.4 is 0 Å². The van der Waals surface area contributed by atoms with Crippen LogP contribution in [0.5, 0.6) is 0 Å². The third kappa shape index (κ3) is 5.86. The summed E-state index contributed by atoms with van der Waals surface area (Å²) in [5.74, 6) is 0.928. The smallest absolute Gasteiger partial charge is 0.142 e. The van der Waals surface area contributed by atoms with E-state index in [1.807, 2.05) is 6.07 Å². The van der Waals surface area contributed by atoms with Gasteiger partial charge in [-0.25, -0.2) is 0 Å². The molecule has 0 saturated carbocycles. The molecule has 0 unspecified atom stereocenters. The van der Waals surface area contributed by atoms with E-state index in [1.165, 1.54) is 104 Å². The number of hydrogen-bond donors (Lipinski definition) is 1. The molecule has 0 saturated heterocycles. The van der Waals surface area contributed by atoms with Crippen molar-refractivity contribution in [3.8, 4) is 11.3 Å². The van der Waals surface area contributed by atoms with Gasteiger partial charge in [0.25, 0.3) is 0 Å². The fourth-order valence-corrected chi connectivity index (χ4v) is 5.60. The van der Waals surface area contributed by atoms with Crippen molar-refractivity contribution in [2.24, 2.45) is 0 Å². The van der Waals surface area contributed by atoms with Crippen molar-refractivity contribution in [3.63, 3.8) is 0 Å². The monoisotopic (exact) mass is 479 g/mol. The summed E-state index contributed by atoms with van der Waals surface area (Å²) < 4.78 is 6.36. The first-order valence-electron chi connectivity index (χ1n) is 14.4. The van der Waals surface area contributed by atoms with Crippen molar-refractivity contribution in [1.29, 1.82) is 0 Å². The second-order valence-electron chi connectivity index (χ2n) is 10.5. The Morgan fingerprint density at radius 1 is 0.611 bits per heavy atom. The Morgan fingerprint density at radius 3 is 1.97 bits per heavy atom. The third-order valence-corrected chi connectivity index (χ3v) is 7.69. The molecule has 5 aromatic rings. The minimum atomic E-state index is 0.928. The average Bonchev–Trinajstić information content (AvgIpc) is 3.54. The van der Waals surface area contributed by atoms with Crippen molar-refractivity contribution in [2.75, 3.05) is 0 Å². The Morgan fingerprint density at radius 2 is 1.25 bits per heavy atom. The predicted molar refractivity (Wildman–Crippen MR) is 156 cm³/mol. The molecule has 0 fully saturated rings. The van der Waals surface area contributed by atoms with Crippen LogP contribution in [0, 0.1) is 0 Å². The molecule has 0 amide bonds. The van der Waals surface area contributed by atoms with Gasteiger partial charge in [-0.15, -0.1) is 0 Å². The summed E-state index contributed by atoms with van der Waals surface area (Å²) in [7, 11) is 0. The average molecular weight is 480 g/mol. The van der Waals surface area contributed by atoms with Gasteiger partial charge in [0.2, 0.25) is 0 Å². The standard InChI is InChI=1S/C34H41NO/c1-2-3-4-5-6-7-8-9-10-11-12-16-19-29-24-27-20-23-31-30(33(27)35-29)22-21-28-25-32(36-34(28)31)26-17-14-13-15-18-26/h13-15,17-18,20-25,35H,2-12,16,19H2,1H3. The fourth-order valence-electron chi connectivity index (χ4n) is 5.60. The number of unbranched alkanes of at least 4 members (excludes halogenated alkanes) is 11. The van der Waals surface area contributed by atoms with E-state index in [0.29, 0.717) is 0 Å². The summed E-state index contributed by atoms with van der Waals surface area (Å²) in [6.45, 7) is 2.29. The molecule has 1 N–H and O–H groups in total. The van der Waals surface area contributed by atoms with E-state index in [1.54, 1.807) is 0 Å². The summed E-state index contributed by atoms with van der Waals surface area (Å²) in [5.41, 5.74) is 4.69. The Kier molecular flexibility index (Phi) is 8.43. The number of benzene rings is 3. The highest BCUT2D eigenvalue weighted by atomic mass is 16.3. The van der Waals surface area contributed by atoms with Gasteiger partial charge in [0.05, 0.1) is 5.52 Å². The summed E-state index contributed by atoms with van der Waals surface area (Å²) >= 11 is 0. The van der Waals surface area contributed by atoms with Crippen molar-refractivity contribution in [1.82, 2.24) is 4.98 Å². The lowest BCUT2D eigenvalue weighted by Crippen LogP contribution is -1.87. The van der Waals surface area contributed by atoms with Crippen LogP contribution in [0.1, 0.15) is 89.7 Å². The molecule has 0 aliphatic rings. The Hall–Kier alpha value is -3.00. The molecular formula is C34H41NO. The van der Waals surface area contributed by atoms with Crippen LogP contribution in [0.2, 0.25) is 0 Å². The maximum Gasteiger partial charge on any atom is 0.142 e. The van der Waals surface area contributed by atoms with Gasteiger partial charge >= 0.3 is 0 Å². The van der Waals surface area contributed by atoms with E-state index in [9.17, 15) is 0 Å². The number of hydrogen-bond acceptors (Lipinski definition) is 1. The lowest BCUT2D eigenvalue weighted by molar-refractivity contribution is 0.543. The number of aromatic amines is 1. The molecule has 5 rings (SSSR count). The Bertz CT molecular complexity index is 1370. The quantitative estimate of drug-likeness (QED) is 0.158. The molecule has 2 nitrogen and oxygen atoms in total. The molecule has 3 aromatic carbocycles. The number of aromatic nitrogens is 1. The van der Waals surface area contributed by atoms with Gasteiger partial charge < -0.3 is 9.40 Å². The summed E-state index contributed by atoms with van der Waals surface area (Å²) in [6.07, 6.45) is 17.9. The zero-order valence-corrected chi connectivity index (χ0v) is 22.0. The highest BCUT2D eigenvalue weighted by molar-refractivity contribution is 6.15. The van der Waals surface area contributed by atoms with Gasteiger partial charge in [-0.2, -0.15) is 0 Å². The lowest BCUT2D eigenvalue weighted by Gasteiger charge is -2.03. The molecule has 36 heavy (non-hydrogen) atoms. The van der Waals surface area contributed by atoms with E-state index < -0.39 is 0 Å². The topological polar surface area (TPSA) is 28.9 Å². The first kappa shape index (κ1) is 24.7. The maximum absolute atomic E-state index is 6.36. The van der Waals surface area contributed by atoms with Crippen LogP contribution in [0.4, 0.5) is 0 Å². The van der Waals surface area contributed by atoms with Crippen molar-refractivity contribution < 1.29 is 4.42 Å². The second kappa shape index (κ2) is 12.3. The van der Waals surface area contributed by atoms with E-state index >= 15 is 0 Å². The first-order chi connectivity index (χ1) is 17.8. The van der Waals surface area contributed by atoms with Crippen molar-refractivity contribution in [3.05, 3.63) is 72.4 Å². The molecule has 0 bridgehead atoms. The van der Waals surface area contributed by atoms with Gasteiger partial charge in [-0.3, -0.25) is 0 Å². The van der Waals surface area contributed by atoms with Gasteiger partial charge in [0, 0.05) is 32.8 Å². The molecule has 0 aliphatic carbocycles. The van der Waals surface area contributed by atoms with Gasteiger partial charge in [0.1, 0.15) is 11.3 Å². The van der Waals surface area contributed by atoms with Gasteiger partial charge in [-0.1, -0.05) is 126 Å². The largest absolute Gasteiger partial charge is 0.455 e. The number of aryl methyl sites for hydroxylation is 1. The van der Waals surface area contributed by atoms with E-state index in [2.05, 4.69) is 72.6 Å². The highest BCUT2D eigenvalue weighted by Crippen LogP contribution is 2.35. The minimum absolute atomic E-state index is 0.928. The number of rotatable bonds is 14. The zero-order chi connectivity index (χ0) is 24.6. The van der Waals surface area contributed by atoms with Crippen LogP contribution in [0.15, 0.2) is 71.1 Å². The molecule has 0 spiro atoms. The van der Waals surface area contributed by atoms with Crippen LogP contribution in [-0.2, 0) is 6.42 Å². The molecule has 188 valence electrons. The molecule has 0 radical (unpaired) electrons. The van der Waals surface area contributed by atoms with Crippen LogP contribution >= 0.6 is 0 Å². The highest BCUT2D eigenvalue weighted by Gasteiger charge is 2.12. The van der Waals surface area contributed by atoms with Gasteiger partial charge in [-0.05, 0) is 31.0 Å². The van der Waals surface area contributed by atoms with Crippen LogP contribution in [0.25, 0.3) is 44.0 Å². The molecule has 2 heterocycles. The number of furan rings is 1. The zero-order valence-electron chi connectivity index (χ0n) is 22.0. The molecule has 0 atom stereocenters. The first-order valence-corrected chi connectivity index (χ1v) is 14.4. The van der Waals surface area contributed by atoms with Crippen LogP contribution in [0.3, 0.4) is 0 Å². The summed E-state index contributed by atoms with van der Waals surface area (Å²) in [4.78, 5) is 3.74. The predicted octanol–water partition coefficient (Wildman–Crippen LogP) is 11.0. The SMILES string of the molecule is CCCCCCCCCCCCCCc1cc2ccc3c(ccc4cc(-c5ccccc5)oc43)c2[nH]1. The normalized spacial score (nSPS) is 11.8. The molecule has 2 aromatic heterocycles. The fraction of sp³-hybridized carbons (Fsp3) is 0.412. The number of nitrogens with one attached hydrogen (secondary N) is 1. The van der Waals surface area contributed by atoms with E-state index in [0.717, 1.165) is 28.7 Å². The molecule has 2 heteroatoms. The van der Waals surface area contributed by atoms with E-state index in [4.69, 9.17) is 4.42 Å². The van der Waals surface area contributed by atoms with Gasteiger partial charge in [0.15, 0.2) is 0 Å². The Balaban J connectivity index is 1.15. The Labute approximate surface area is 216 Å². The number of H-pyrrole nitrogens is 1. The molecule has 0 aliphatic heterocycles. The van der Waals surface area contributed by atoms with Crippen molar-refractivity contribution in [2.45, 2.75) is 90.4 Å². The third-order valence-electron chi connectivity index (χ3n) is 7.69. The summed E-state index contributed by atoms with van der Waals surface area (Å²) in [5, 5.41) is 4.88. The second-order valence-corrected chi connectivity index (χ2v) is 10.5. The summed E-state index contributed by atoms with van der Waals surface area (Å²) in [6, 6.07) is 23.8. The van der Waals surface area contributed by atoms with E-state index in [-0.39, 0.29) is 0 Å².